The van der Waals surface area contributed by atoms with E-state index in [4.69, 9.17) is 0 Å². The molecule has 0 spiro atoms. The summed E-state index contributed by atoms with van der Waals surface area (Å²) in [6, 6.07) is 36.0. The van der Waals surface area contributed by atoms with Crippen LogP contribution < -0.4 is 26.4 Å². The first-order chi connectivity index (χ1) is 19.5. The van der Waals surface area contributed by atoms with Crippen LogP contribution in [0.1, 0.15) is 30.0 Å². The number of hydrogen-bond donors (Lipinski definition) is 0. The number of carbonyl (C=O) groups excluding carboxylic acids is 1. The third-order valence-corrected chi connectivity index (χ3v) is 9.53. The zero-order chi connectivity index (χ0) is 27.3. The molecule has 5 nitrogen and oxygen atoms in total. The molecule has 1 fully saturated rings. The molecule has 7 heteroatoms. The molecule has 7 rings (SSSR count). The number of imidazole rings is 1. The van der Waals surface area contributed by atoms with E-state index >= 15 is 0 Å². The molecular formula is C34H32Br2N4O. The maximum atomic E-state index is 14.2. The van der Waals surface area contributed by atoms with E-state index in [2.05, 4.69) is 139 Å². The summed E-state index contributed by atoms with van der Waals surface area (Å²) in [6.07, 6.45) is 3.05. The zero-order valence-corrected chi connectivity index (χ0v) is 26.1. The highest BCUT2D eigenvalue weighted by molar-refractivity contribution is 9.10. The number of rotatable bonds is 6. The molecule has 2 atom stereocenters. The highest BCUT2D eigenvalue weighted by atomic mass is 79.9. The summed E-state index contributed by atoms with van der Waals surface area (Å²) in [5.41, 5.74) is 7.15. The highest BCUT2D eigenvalue weighted by Gasteiger charge is 2.55. The van der Waals surface area contributed by atoms with Gasteiger partial charge in [0.05, 0.1) is 0 Å². The van der Waals surface area contributed by atoms with Gasteiger partial charge in [-0.25, -0.2) is 9.13 Å². The number of carbonyl (C=O) groups is 1. The first kappa shape index (κ1) is 27.7. The number of benzene rings is 4. The van der Waals surface area contributed by atoms with Gasteiger partial charge in [0.25, 0.3) is 5.91 Å². The fourth-order valence-electron chi connectivity index (χ4n) is 6.83. The lowest BCUT2D eigenvalue weighted by Crippen LogP contribution is -3.00. The number of hydrogen-bond acceptors (Lipinski definition) is 2. The summed E-state index contributed by atoms with van der Waals surface area (Å²) < 4.78 is 5.45. The summed E-state index contributed by atoms with van der Waals surface area (Å²) in [5, 5.41) is 0. The first-order valence-corrected chi connectivity index (χ1v) is 14.7. The standard InChI is InChI=1S/C34H32BrN4O.BrH/c1-34-19-20-38(33(34)39(21-25-11-3-2-4-12-25)29-16-8-6-14-27(29)34)32(40)23-37-24-36(30-17-9-10-18-31(30)37)22-26-13-5-7-15-28(26)35;/h2-18,24,33H,19-23H2,1H3;1H/q+1;/p-1. The van der Waals surface area contributed by atoms with Gasteiger partial charge in [0.1, 0.15) is 12.7 Å². The van der Waals surface area contributed by atoms with Gasteiger partial charge in [-0.15, -0.1) is 0 Å². The second kappa shape index (κ2) is 11.1. The van der Waals surface area contributed by atoms with Gasteiger partial charge < -0.3 is 26.8 Å². The third kappa shape index (κ3) is 4.79. The average molecular weight is 672 g/mol. The first-order valence-electron chi connectivity index (χ1n) is 13.9. The second-order valence-electron chi connectivity index (χ2n) is 11.2. The molecule has 3 heterocycles. The van der Waals surface area contributed by atoms with Crippen molar-refractivity contribution in [3.05, 3.63) is 131 Å². The van der Waals surface area contributed by atoms with Crippen LogP contribution >= 0.6 is 15.9 Å². The van der Waals surface area contributed by atoms with Crippen LogP contribution in [0.4, 0.5) is 5.69 Å². The number of para-hydroxylation sites is 3. The Morgan fingerprint density at radius 2 is 1.63 bits per heavy atom. The summed E-state index contributed by atoms with van der Waals surface area (Å²) >= 11 is 3.70. The van der Waals surface area contributed by atoms with E-state index in [-0.39, 0.29) is 34.5 Å². The molecule has 0 saturated carbocycles. The molecule has 2 aliphatic rings. The zero-order valence-electron chi connectivity index (χ0n) is 23.0. The lowest BCUT2D eigenvalue weighted by Gasteiger charge is -2.36. The second-order valence-corrected chi connectivity index (χ2v) is 12.1. The number of fused-ring (bicyclic) bond motifs is 4. The topological polar surface area (TPSA) is 32.4 Å². The monoisotopic (exact) mass is 670 g/mol. The molecule has 0 radical (unpaired) electrons. The maximum absolute atomic E-state index is 14.2. The number of halogens is 2. The molecule has 0 aliphatic carbocycles. The molecule has 4 aromatic carbocycles. The molecule has 5 aromatic rings. The summed E-state index contributed by atoms with van der Waals surface area (Å²) in [5.74, 6) is 0.161. The van der Waals surface area contributed by atoms with Crippen molar-refractivity contribution in [2.75, 3.05) is 11.4 Å². The minimum atomic E-state index is -0.0979. The Morgan fingerprint density at radius 1 is 0.927 bits per heavy atom. The van der Waals surface area contributed by atoms with E-state index in [1.54, 1.807) is 0 Å². The van der Waals surface area contributed by atoms with Crippen LogP contribution in [-0.4, -0.2) is 28.1 Å². The minimum Gasteiger partial charge on any atom is -1.00 e. The van der Waals surface area contributed by atoms with E-state index in [1.807, 2.05) is 12.1 Å². The molecule has 2 aliphatic heterocycles. The van der Waals surface area contributed by atoms with E-state index in [9.17, 15) is 4.79 Å². The smallest absolute Gasteiger partial charge is 0.266 e. The lowest BCUT2D eigenvalue weighted by atomic mass is 9.81. The SMILES string of the molecule is CC12CCN(C(=O)Cn3c[n+](Cc4ccccc4Br)c4ccccc43)C1N(Cc1ccccc1)c1ccccc12.[Br-]. The average Bonchev–Trinajstić information content (AvgIpc) is 3.58. The number of nitrogens with zero attached hydrogens (tertiary/aromatic N) is 4. The van der Waals surface area contributed by atoms with Crippen LogP contribution in [0.15, 0.2) is 114 Å². The van der Waals surface area contributed by atoms with Crippen LogP contribution in [-0.2, 0) is 29.8 Å². The Morgan fingerprint density at radius 3 is 2.46 bits per heavy atom. The molecule has 1 saturated heterocycles. The number of anilines is 1. The fraction of sp³-hybridized carbons (Fsp3) is 0.235. The molecule has 0 N–H and O–H groups in total. The Kier molecular flexibility index (Phi) is 7.51. The summed E-state index contributed by atoms with van der Waals surface area (Å²) in [6.45, 7) is 4.92. The van der Waals surface area contributed by atoms with Crippen molar-refractivity contribution >= 4 is 38.6 Å². The molecular weight excluding hydrogens is 640 g/mol. The van der Waals surface area contributed by atoms with Crippen molar-refractivity contribution in [3.63, 3.8) is 0 Å². The van der Waals surface area contributed by atoms with Gasteiger partial charge in [-0.3, -0.25) is 4.79 Å². The highest BCUT2D eigenvalue weighted by Crippen LogP contribution is 2.52. The van der Waals surface area contributed by atoms with Gasteiger partial charge in [-0.05, 0) is 41.8 Å². The predicted octanol–water partition coefficient (Wildman–Crippen LogP) is 3.28. The molecule has 208 valence electrons. The predicted molar refractivity (Wildman–Crippen MR) is 162 cm³/mol. The molecule has 2 unspecified atom stereocenters. The molecule has 1 amide bonds. The number of aromatic nitrogens is 2. The Balaban J connectivity index is 0.00000302. The molecule has 0 bridgehead atoms. The number of amides is 1. The van der Waals surface area contributed by atoms with Gasteiger partial charge in [-0.2, -0.15) is 0 Å². The van der Waals surface area contributed by atoms with Crippen LogP contribution in [0, 0.1) is 0 Å². The van der Waals surface area contributed by atoms with Crippen LogP contribution in [0.3, 0.4) is 0 Å². The summed E-state index contributed by atoms with van der Waals surface area (Å²) in [7, 11) is 0. The van der Waals surface area contributed by atoms with E-state index < -0.39 is 0 Å². The van der Waals surface area contributed by atoms with E-state index in [1.165, 1.54) is 22.4 Å². The van der Waals surface area contributed by atoms with Gasteiger partial charge in [0, 0.05) is 34.2 Å². The normalized spacial score (nSPS) is 19.2. The van der Waals surface area contributed by atoms with E-state index in [0.717, 1.165) is 41.6 Å². The fourth-order valence-corrected chi connectivity index (χ4v) is 7.24. The summed E-state index contributed by atoms with van der Waals surface area (Å²) in [4.78, 5) is 18.8. The van der Waals surface area contributed by atoms with Crippen molar-refractivity contribution in [1.82, 2.24) is 9.47 Å². The van der Waals surface area contributed by atoms with Crippen LogP contribution in [0.5, 0.6) is 0 Å². The third-order valence-electron chi connectivity index (χ3n) is 8.76. The van der Waals surface area contributed by atoms with Gasteiger partial charge in [0.2, 0.25) is 6.33 Å². The number of likely N-dealkylation sites (tertiary alicyclic amines) is 1. The quantitative estimate of drug-likeness (QED) is 0.260. The minimum absolute atomic E-state index is 0. The van der Waals surface area contributed by atoms with Gasteiger partial charge in [0.15, 0.2) is 17.6 Å². The Labute approximate surface area is 259 Å². The van der Waals surface area contributed by atoms with Crippen LogP contribution in [0.25, 0.3) is 11.0 Å². The van der Waals surface area contributed by atoms with Crippen LogP contribution in [0.2, 0.25) is 0 Å². The van der Waals surface area contributed by atoms with Crippen molar-refractivity contribution < 1.29 is 26.3 Å². The molecule has 41 heavy (non-hydrogen) atoms. The van der Waals surface area contributed by atoms with Gasteiger partial charge in [-0.1, -0.05) is 102 Å². The Hall–Kier alpha value is -3.42. The van der Waals surface area contributed by atoms with Crippen molar-refractivity contribution in [1.29, 1.82) is 0 Å². The molecule has 1 aromatic heterocycles. The lowest BCUT2D eigenvalue weighted by molar-refractivity contribution is -0.663. The van der Waals surface area contributed by atoms with Gasteiger partial charge >= 0.3 is 0 Å². The van der Waals surface area contributed by atoms with Crippen molar-refractivity contribution in [2.45, 2.75) is 44.6 Å². The van der Waals surface area contributed by atoms with E-state index in [0.29, 0.717) is 6.54 Å². The van der Waals surface area contributed by atoms with Crippen molar-refractivity contribution in [3.8, 4) is 0 Å². The maximum Gasteiger partial charge on any atom is 0.266 e. The van der Waals surface area contributed by atoms with Crippen molar-refractivity contribution in [2.24, 2.45) is 0 Å². The largest absolute Gasteiger partial charge is 1.00 e. The Bertz CT molecular complexity index is 1720.